The molecular formula is C12H20N4O. The molecule has 17 heavy (non-hydrogen) atoms. The summed E-state index contributed by atoms with van der Waals surface area (Å²) in [5.41, 5.74) is 0.893. The highest BCUT2D eigenvalue weighted by atomic mass is 16.2. The van der Waals surface area contributed by atoms with Gasteiger partial charge in [-0.05, 0) is 31.4 Å². The lowest BCUT2D eigenvalue weighted by atomic mass is 9.94. The molecule has 0 aliphatic carbocycles. The fraction of sp³-hybridized carbons (Fsp3) is 0.667. The molecule has 1 aromatic rings. The Morgan fingerprint density at radius 3 is 3.18 bits per heavy atom. The molecule has 2 N–H and O–H groups in total. The summed E-state index contributed by atoms with van der Waals surface area (Å²) in [4.78, 5) is 11.9. The van der Waals surface area contributed by atoms with Crippen LogP contribution >= 0.6 is 0 Å². The standard InChI is InChI=1S/C12H20N4O/c1-9-3-5-13-11(7-9)12(17)14-8-10-4-6-16(2)15-10/h4,6,9,11,13H,3,5,7-8H2,1-2H3,(H,14,17). The van der Waals surface area contributed by atoms with Gasteiger partial charge >= 0.3 is 0 Å². The number of hydrogen-bond donors (Lipinski definition) is 2. The van der Waals surface area contributed by atoms with Crippen molar-refractivity contribution in [2.45, 2.75) is 32.4 Å². The second kappa shape index (κ2) is 5.31. The third-order valence-corrected chi connectivity index (χ3v) is 3.20. The van der Waals surface area contributed by atoms with Crippen LogP contribution < -0.4 is 10.6 Å². The summed E-state index contributed by atoms with van der Waals surface area (Å²) in [7, 11) is 1.87. The average molecular weight is 236 g/mol. The summed E-state index contributed by atoms with van der Waals surface area (Å²) in [6, 6.07) is 1.87. The number of nitrogens with one attached hydrogen (secondary N) is 2. The maximum Gasteiger partial charge on any atom is 0.237 e. The molecule has 2 rings (SSSR count). The first-order chi connectivity index (χ1) is 8.15. The summed E-state index contributed by atoms with van der Waals surface area (Å²) < 4.78 is 1.74. The zero-order chi connectivity index (χ0) is 12.3. The van der Waals surface area contributed by atoms with Gasteiger partial charge in [0, 0.05) is 13.2 Å². The van der Waals surface area contributed by atoms with Crippen LogP contribution in [0.1, 0.15) is 25.5 Å². The summed E-state index contributed by atoms with van der Waals surface area (Å²) in [5, 5.41) is 10.4. The van der Waals surface area contributed by atoms with Gasteiger partial charge in [0.1, 0.15) is 0 Å². The van der Waals surface area contributed by atoms with Crippen LogP contribution in [-0.4, -0.2) is 28.3 Å². The highest BCUT2D eigenvalue weighted by Crippen LogP contribution is 2.14. The Labute approximate surface area is 102 Å². The number of aryl methyl sites for hydroxylation is 1. The van der Waals surface area contributed by atoms with Crippen molar-refractivity contribution in [1.29, 1.82) is 0 Å². The van der Waals surface area contributed by atoms with Gasteiger partial charge in [-0.3, -0.25) is 9.48 Å². The molecule has 0 bridgehead atoms. The zero-order valence-electron chi connectivity index (χ0n) is 10.4. The molecule has 2 atom stereocenters. The van der Waals surface area contributed by atoms with Crippen LogP contribution in [0.25, 0.3) is 0 Å². The van der Waals surface area contributed by atoms with Gasteiger partial charge in [-0.1, -0.05) is 6.92 Å². The first-order valence-corrected chi connectivity index (χ1v) is 6.15. The number of carbonyl (C=O) groups is 1. The van der Waals surface area contributed by atoms with Crippen LogP contribution in [0.5, 0.6) is 0 Å². The summed E-state index contributed by atoms with van der Waals surface area (Å²) >= 11 is 0. The van der Waals surface area contributed by atoms with Crippen molar-refractivity contribution in [3.8, 4) is 0 Å². The molecule has 0 aromatic carbocycles. The Morgan fingerprint density at radius 2 is 2.53 bits per heavy atom. The van der Waals surface area contributed by atoms with E-state index in [1.807, 2.05) is 19.3 Å². The minimum atomic E-state index is -0.0394. The number of nitrogens with zero attached hydrogens (tertiary/aromatic N) is 2. The van der Waals surface area contributed by atoms with Crippen LogP contribution in [0, 0.1) is 5.92 Å². The maximum atomic E-state index is 11.9. The number of piperidine rings is 1. The number of rotatable bonds is 3. The maximum absolute atomic E-state index is 11.9. The fourth-order valence-electron chi connectivity index (χ4n) is 2.17. The van der Waals surface area contributed by atoms with Crippen molar-refractivity contribution >= 4 is 5.91 Å². The van der Waals surface area contributed by atoms with Gasteiger partial charge in [-0.25, -0.2) is 0 Å². The normalized spacial score (nSPS) is 24.6. The lowest BCUT2D eigenvalue weighted by Crippen LogP contribution is -2.48. The predicted molar refractivity (Wildman–Crippen MR) is 65.2 cm³/mol. The van der Waals surface area contributed by atoms with E-state index in [0.29, 0.717) is 12.5 Å². The Hall–Kier alpha value is -1.36. The van der Waals surface area contributed by atoms with E-state index in [-0.39, 0.29) is 11.9 Å². The number of amides is 1. The first-order valence-electron chi connectivity index (χ1n) is 6.15. The van der Waals surface area contributed by atoms with Crippen LogP contribution in [0.3, 0.4) is 0 Å². The summed E-state index contributed by atoms with van der Waals surface area (Å²) in [6.45, 7) is 3.63. The van der Waals surface area contributed by atoms with Gasteiger partial charge < -0.3 is 10.6 Å². The molecular weight excluding hydrogens is 216 g/mol. The topological polar surface area (TPSA) is 59.0 Å². The summed E-state index contributed by atoms with van der Waals surface area (Å²) in [5.74, 6) is 0.712. The van der Waals surface area contributed by atoms with E-state index in [4.69, 9.17) is 0 Å². The van der Waals surface area contributed by atoms with E-state index in [9.17, 15) is 4.79 Å². The number of aromatic nitrogens is 2. The van der Waals surface area contributed by atoms with E-state index in [1.165, 1.54) is 0 Å². The molecule has 1 saturated heterocycles. The van der Waals surface area contributed by atoms with E-state index < -0.39 is 0 Å². The zero-order valence-corrected chi connectivity index (χ0v) is 10.4. The molecule has 1 aliphatic heterocycles. The van der Waals surface area contributed by atoms with E-state index in [0.717, 1.165) is 25.1 Å². The molecule has 94 valence electrons. The minimum Gasteiger partial charge on any atom is -0.349 e. The third kappa shape index (κ3) is 3.30. The van der Waals surface area contributed by atoms with Crippen molar-refractivity contribution < 1.29 is 4.79 Å². The molecule has 1 aromatic heterocycles. The molecule has 0 radical (unpaired) electrons. The third-order valence-electron chi connectivity index (χ3n) is 3.20. The van der Waals surface area contributed by atoms with Crippen molar-refractivity contribution in [3.05, 3.63) is 18.0 Å². The van der Waals surface area contributed by atoms with Gasteiger partial charge in [0.2, 0.25) is 5.91 Å². The molecule has 1 fully saturated rings. The number of hydrogen-bond acceptors (Lipinski definition) is 3. The lowest BCUT2D eigenvalue weighted by Gasteiger charge is -2.27. The first kappa shape index (κ1) is 12.1. The van der Waals surface area contributed by atoms with Crippen LogP contribution in [0.15, 0.2) is 12.3 Å². The molecule has 2 heterocycles. The molecule has 1 amide bonds. The Bertz CT molecular complexity index is 388. The van der Waals surface area contributed by atoms with E-state index in [1.54, 1.807) is 4.68 Å². The van der Waals surface area contributed by atoms with Gasteiger partial charge in [-0.2, -0.15) is 5.10 Å². The van der Waals surface area contributed by atoms with Crippen molar-refractivity contribution in [3.63, 3.8) is 0 Å². The van der Waals surface area contributed by atoms with Crippen molar-refractivity contribution in [1.82, 2.24) is 20.4 Å². The number of carbonyl (C=O) groups excluding carboxylic acids is 1. The molecule has 0 saturated carbocycles. The molecule has 5 nitrogen and oxygen atoms in total. The second-order valence-corrected chi connectivity index (χ2v) is 4.83. The van der Waals surface area contributed by atoms with E-state index in [2.05, 4.69) is 22.7 Å². The smallest absolute Gasteiger partial charge is 0.237 e. The van der Waals surface area contributed by atoms with E-state index >= 15 is 0 Å². The van der Waals surface area contributed by atoms with Crippen molar-refractivity contribution in [2.24, 2.45) is 13.0 Å². The van der Waals surface area contributed by atoms with Crippen LogP contribution in [-0.2, 0) is 18.4 Å². The summed E-state index contributed by atoms with van der Waals surface area (Å²) in [6.07, 6.45) is 3.96. The SMILES string of the molecule is CC1CCNC(C(=O)NCc2ccn(C)n2)C1. The van der Waals surface area contributed by atoms with Gasteiger partial charge in [0.15, 0.2) is 0 Å². The fourth-order valence-corrected chi connectivity index (χ4v) is 2.17. The average Bonchev–Trinajstić information content (AvgIpc) is 2.72. The quantitative estimate of drug-likeness (QED) is 0.800. The Kier molecular flexibility index (Phi) is 3.78. The van der Waals surface area contributed by atoms with Gasteiger partial charge in [-0.15, -0.1) is 0 Å². The van der Waals surface area contributed by atoms with Gasteiger partial charge in [0.05, 0.1) is 18.3 Å². The highest BCUT2D eigenvalue weighted by Gasteiger charge is 2.24. The second-order valence-electron chi connectivity index (χ2n) is 4.83. The van der Waals surface area contributed by atoms with Crippen molar-refractivity contribution in [2.75, 3.05) is 6.54 Å². The Morgan fingerprint density at radius 1 is 1.71 bits per heavy atom. The monoisotopic (exact) mass is 236 g/mol. The molecule has 2 unspecified atom stereocenters. The molecule has 1 aliphatic rings. The van der Waals surface area contributed by atoms with Gasteiger partial charge in [0.25, 0.3) is 0 Å². The Balaban J connectivity index is 1.80. The molecule has 5 heteroatoms. The predicted octanol–water partition coefficient (Wildman–Crippen LogP) is 0.424. The lowest BCUT2D eigenvalue weighted by molar-refractivity contribution is -0.124. The highest BCUT2D eigenvalue weighted by molar-refractivity contribution is 5.81. The minimum absolute atomic E-state index is 0.0394. The van der Waals surface area contributed by atoms with Crippen LogP contribution in [0.2, 0.25) is 0 Å². The van der Waals surface area contributed by atoms with Crippen LogP contribution in [0.4, 0.5) is 0 Å². The largest absolute Gasteiger partial charge is 0.349 e. The molecule has 0 spiro atoms.